The Morgan fingerprint density at radius 3 is 1.96 bits per heavy atom. The van der Waals surface area contributed by atoms with Gasteiger partial charge in [0.05, 0.1) is 0 Å². The van der Waals surface area contributed by atoms with E-state index in [-0.39, 0.29) is 5.92 Å². The van der Waals surface area contributed by atoms with E-state index in [0.29, 0.717) is 56.4 Å². The summed E-state index contributed by atoms with van der Waals surface area (Å²) in [5.41, 5.74) is -1.90. The van der Waals surface area contributed by atoms with Gasteiger partial charge in [-0.3, -0.25) is 0 Å². The van der Waals surface area contributed by atoms with Gasteiger partial charge in [-0.2, -0.15) is 0 Å². The first kappa shape index (κ1) is 19.6. The van der Waals surface area contributed by atoms with Crippen LogP contribution in [0.5, 0.6) is 0 Å². The van der Waals surface area contributed by atoms with E-state index in [0.717, 1.165) is 31.4 Å². The maximum absolute atomic E-state index is 15.1. The second-order valence-corrected chi connectivity index (χ2v) is 8.62. The minimum Gasteiger partial charge on any atom is -0.244 e. The first-order valence-corrected chi connectivity index (χ1v) is 9.70. The summed E-state index contributed by atoms with van der Waals surface area (Å²) in [5.74, 6) is -3.57. The van der Waals surface area contributed by atoms with E-state index in [1.165, 1.54) is 0 Å². The average molecular weight is 374 g/mol. The van der Waals surface area contributed by atoms with E-state index in [9.17, 15) is 17.6 Å². The minimum atomic E-state index is -1.46. The smallest absolute Gasteiger partial charge is 0.194 e. The zero-order valence-electron chi connectivity index (χ0n) is 15.3. The van der Waals surface area contributed by atoms with Crippen LogP contribution >= 0.6 is 0 Å². The van der Waals surface area contributed by atoms with Crippen LogP contribution in [0.4, 0.5) is 22.0 Å². The van der Waals surface area contributed by atoms with E-state index >= 15 is 4.39 Å². The van der Waals surface area contributed by atoms with Crippen molar-refractivity contribution in [3.63, 3.8) is 0 Å². The molecule has 0 N–H and O–H groups in total. The van der Waals surface area contributed by atoms with Crippen LogP contribution in [0.3, 0.4) is 0 Å². The highest BCUT2D eigenvalue weighted by Crippen LogP contribution is 2.45. The lowest BCUT2D eigenvalue weighted by atomic mass is 9.72. The summed E-state index contributed by atoms with van der Waals surface area (Å²) in [6, 6.07) is 2.06. The van der Waals surface area contributed by atoms with Crippen molar-refractivity contribution in [2.75, 3.05) is 0 Å². The van der Waals surface area contributed by atoms with Crippen LogP contribution < -0.4 is 0 Å². The molecule has 2 fully saturated rings. The van der Waals surface area contributed by atoms with E-state index < -0.39 is 28.8 Å². The van der Waals surface area contributed by atoms with Crippen LogP contribution in [0.25, 0.3) is 0 Å². The molecule has 0 heterocycles. The lowest BCUT2D eigenvalue weighted by Gasteiger charge is -2.36. The van der Waals surface area contributed by atoms with Crippen molar-refractivity contribution in [3.05, 3.63) is 35.1 Å². The van der Waals surface area contributed by atoms with Crippen LogP contribution in [0.15, 0.2) is 12.1 Å². The van der Waals surface area contributed by atoms with Crippen molar-refractivity contribution in [1.29, 1.82) is 0 Å². The second kappa shape index (κ2) is 7.47. The molecule has 0 atom stereocenters. The number of alkyl halides is 2. The van der Waals surface area contributed by atoms with Gasteiger partial charge in [-0.1, -0.05) is 0 Å². The SMILES string of the molecule is CC1(F)CCC(CCC2(F)CCC(c3cc(F)c(F)c(F)c3)CC2)CC1. The summed E-state index contributed by atoms with van der Waals surface area (Å²) < 4.78 is 68.9. The summed E-state index contributed by atoms with van der Waals surface area (Å²) in [7, 11) is 0. The molecule has 0 spiro atoms. The average Bonchev–Trinajstić information content (AvgIpc) is 2.59. The lowest BCUT2D eigenvalue weighted by molar-refractivity contribution is 0.0626. The fourth-order valence-corrected chi connectivity index (χ4v) is 4.56. The van der Waals surface area contributed by atoms with Gasteiger partial charge in [-0.25, -0.2) is 22.0 Å². The molecule has 0 amide bonds. The molecule has 0 unspecified atom stereocenters. The molecule has 26 heavy (non-hydrogen) atoms. The molecule has 0 radical (unpaired) electrons. The standard InChI is InChI=1S/C21H27F5/c1-20(25)7-2-14(3-8-20)4-9-21(26)10-5-15(6-11-21)16-12-17(22)19(24)18(23)13-16/h12-15H,2-11H2,1H3. The van der Waals surface area contributed by atoms with E-state index in [4.69, 9.17) is 0 Å². The molecule has 0 aliphatic heterocycles. The van der Waals surface area contributed by atoms with Crippen LogP contribution in [-0.2, 0) is 0 Å². The highest BCUT2D eigenvalue weighted by molar-refractivity contribution is 5.24. The Morgan fingerprint density at radius 2 is 1.42 bits per heavy atom. The van der Waals surface area contributed by atoms with Crippen molar-refractivity contribution in [1.82, 2.24) is 0 Å². The second-order valence-electron chi connectivity index (χ2n) is 8.62. The van der Waals surface area contributed by atoms with E-state index in [1.54, 1.807) is 6.92 Å². The van der Waals surface area contributed by atoms with Crippen LogP contribution in [0, 0.1) is 23.4 Å². The van der Waals surface area contributed by atoms with Gasteiger partial charge in [0.1, 0.15) is 11.3 Å². The van der Waals surface area contributed by atoms with Crippen LogP contribution in [-0.4, -0.2) is 11.3 Å². The third-order valence-electron chi connectivity index (χ3n) is 6.51. The van der Waals surface area contributed by atoms with Gasteiger partial charge in [0, 0.05) is 0 Å². The molecular formula is C21H27F5. The molecule has 146 valence electrons. The quantitative estimate of drug-likeness (QED) is 0.387. The fourth-order valence-electron chi connectivity index (χ4n) is 4.56. The Hall–Kier alpha value is -1.13. The number of hydrogen-bond donors (Lipinski definition) is 0. The molecule has 2 aliphatic rings. The predicted octanol–water partition coefficient (Wildman–Crippen LogP) is 7.17. The predicted molar refractivity (Wildman–Crippen MR) is 92.1 cm³/mol. The molecule has 0 bridgehead atoms. The number of rotatable bonds is 4. The van der Waals surface area contributed by atoms with Gasteiger partial charge in [0.2, 0.25) is 0 Å². The Bertz CT molecular complexity index is 598. The Labute approximate surface area is 152 Å². The van der Waals surface area contributed by atoms with Crippen LogP contribution in [0.2, 0.25) is 0 Å². The first-order valence-electron chi connectivity index (χ1n) is 9.70. The van der Waals surface area contributed by atoms with E-state index in [1.807, 2.05) is 0 Å². The summed E-state index contributed by atoms with van der Waals surface area (Å²) in [6.45, 7) is 1.64. The minimum absolute atomic E-state index is 0.134. The van der Waals surface area contributed by atoms with Gasteiger partial charge in [-0.05, 0) is 101 Å². The highest BCUT2D eigenvalue weighted by atomic mass is 19.2. The monoisotopic (exact) mass is 374 g/mol. The third-order valence-corrected chi connectivity index (χ3v) is 6.51. The maximum Gasteiger partial charge on any atom is 0.194 e. The van der Waals surface area contributed by atoms with Gasteiger partial charge < -0.3 is 0 Å². The maximum atomic E-state index is 15.1. The molecule has 1 aromatic carbocycles. The lowest BCUT2D eigenvalue weighted by Crippen LogP contribution is -2.31. The van der Waals surface area contributed by atoms with Crippen molar-refractivity contribution in [2.45, 2.75) is 88.4 Å². The van der Waals surface area contributed by atoms with Crippen molar-refractivity contribution in [2.24, 2.45) is 5.92 Å². The summed E-state index contributed by atoms with van der Waals surface area (Å²) in [6.07, 6.45) is 5.72. The zero-order chi connectivity index (χ0) is 18.9. The number of benzene rings is 1. The molecule has 0 saturated heterocycles. The normalized spacial score (nSPS) is 35.5. The van der Waals surface area contributed by atoms with E-state index in [2.05, 4.69) is 0 Å². The molecule has 2 saturated carbocycles. The molecular weight excluding hydrogens is 347 g/mol. The Balaban J connectivity index is 1.51. The number of halogens is 5. The third kappa shape index (κ3) is 4.58. The summed E-state index contributed by atoms with van der Waals surface area (Å²) in [5, 5.41) is 0. The molecule has 1 aromatic rings. The summed E-state index contributed by atoms with van der Waals surface area (Å²) in [4.78, 5) is 0. The molecule has 0 aromatic heterocycles. The van der Waals surface area contributed by atoms with Gasteiger partial charge in [0.25, 0.3) is 0 Å². The molecule has 0 nitrogen and oxygen atoms in total. The fraction of sp³-hybridized carbons (Fsp3) is 0.714. The van der Waals surface area contributed by atoms with Crippen molar-refractivity contribution in [3.8, 4) is 0 Å². The Kier molecular flexibility index (Phi) is 5.64. The zero-order valence-corrected chi connectivity index (χ0v) is 15.3. The topological polar surface area (TPSA) is 0 Å². The molecule has 2 aliphatic carbocycles. The van der Waals surface area contributed by atoms with Crippen molar-refractivity contribution >= 4 is 0 Å². The highest BCUT2D eigenvalue weighted by Gasteiger charge is 2.37. The molecule has 3 rings (SSSR count). The van der Waals surface area contributed by atoms with Crippen LogP contribution in [0.1, 0.15) is 82.6 Å². The van der Waals surface area contributed by atoms with Gasteiger partial charge >= 0.3 is 0 Å². The van der Waals surface area contributed by atoms with Gasteiger partial charge in [0.15, 0.2) is 17.5 Å². The number of hydrogen-bond acceptors (Lipinski definition) is 0. The Morgan fingerprint density at radius 1 is 0.885 bits per heavy atom. The summed E-state index contributed by atoms with van der Waals surface area (Å²) >= 11 is 0. The molecule has 5 heteroatoms. The van der Waals surface area contributed by atoms with Crippen molar-refractivity contribution < 1.29 is 22.0 Å². The largest absolute Gasteiger partial charge is 0.244 e. The first-order chi connectivity index (χ1) is 12.2. The van der Waals surface area contributed by atoms with Gasteiger partial charge in [-0.15, -0.1) is 0 Å².